The summed E-state index contributed by atoms with van der Waals surface area (Å²) in [4.78, 5) is 0.966. The van der Waals surface area contributed by atoms with E-state index in [0.717, 1.165) is 4.90 Å². The maximum atomic E-state index is 11.9. The summed E-state index contributed by atoms with van der Waals surface area (Å²) >= 11 is 0. The van der Waals surface area contributed by atoms with Gasteiger partial charge in [-0.3, -0.25) is 4.90 Å². The number of piperidine rings is 1. The molecule has 0 aromatic heterocycles. The molecule has 1 aliphatic rings. The maximum absolute atomic E-state index is 11.9. The molecule has 1 heterocycles. The molecule has 1 aliphatic heterocycles. The molecular formula is C7H14ClF3N2O. The third-order valence-electron chi connectivity index (χ3n) is 2.12. The molecule has 1 rings (SSSR count). The number of rotatable bonds is 1. The van der Waals surface area contributed by atoms with E-state index in [1.165, 1.54) is 0 Å². The van der Waals surface area contributed by atoms with Crippen LogP contribution in [0.25, 0.3) is 0 Å². The zero-order chi connectivity index (χ0) is 10.1. The average molecular weight is 235 g/mol. The largest absolute Gasteiger partial charge is 0.401 e. The van der Waals surface area contributed by atoms with E-state index >= 15 is 0 Å². The lowest BCUT2D eigenvalue weighted by Gasteiger charge is -2.36. The first-order valence-corrected chi connectivity index (χ1v) is 4.14. The number of hydrogen-bond donors (Lipinski definition) is 2. The SMILES string of the molecule is Cl.NC1CCCN(CC(F)(F)F)C1O. The van der Waals surface area contributed by atoms with Crippen molar-refractivity contribution in [1.82, 2.24) is 4.90 Å². The molecular weight excluding hydrogens is 221 g/mol. The Morgan fingerprint density at radius 3 is 2.50 bits per heavy atom. The molecule has 1 fully saturated rings. The molecule has 3 nitrogen and oxygen atoms in total. The van der Waals surface area contributed by atoms with Crippen LogP contribution in [-0.4, -0.2) is 41.5 Å². The Hall–Kier alpha value is -0.0400. The molecule has 0 bridgehead atoms. The molecule has 0 saturated carbocycles. The Balaban J connectivity index is 0.00000169. The number of likely N-dealkylation sites (tertiary alicyclic amines) is 1. The van der Waals surface area contributed by atoms with Crippen LogP contribution in [0.2, 0.25) is 0 Å². The molecule has 0 amide bonds. The Morgan fingerprint density at radius 2 is 2.00 bits per heavy atom. The second kappa shape index (κ2) is 5.16. The molecule has 0 aliphatic carbocycles. The minimum atomic E-state index is -4.27. The van der Waals surface area contributed by atoms with Crippen molar-refractivity contribution in [3.8, 4) is 0 Å². The highest BCUT2D eigenvalue weighted by atomic mass is 35.5. The highest BCUT2D eigenvalue weighted by molar-refractivity contribution is 5.85. The van der Waals surface area contributed by atoms with Gasteiger partial charge in [-0.1, -0.05) is 0 Å². The highest BCUT2D eigenvalue weighted by Crippen LogP contribution is 2.21. The summed E-state index contributed by atoms with van der Waals surface area (Å²) in [5, 5.41) is 9.30. The first-order chi connectivity index (χ1) is 5.90. The topological polar surface area (TPSA) is 49.5 Å². The molecule has 2 unspecified atom stereocenters. The van der Waals surface area contributed by atoms with Crippen LogP contribution in [-0.2, 0) is 0 Å². The van der Waals surface area contributed by atoms with E-state index in [4.69, 9.17) is 5.73 Å². The smallest absolute Gasteiger partial charge is 0.377 e. The zero-order valence-corrected chi connectivity index (χ0v) is 8.31. The van der Waals surface area contributed by atoms with Crippen molar-refractivity contribution >= 4 is 12.4 Å². The van der Waals surface area contributed by atoms with Crippen molar-refractivity contribution in [2.24, 2.45) is 5.73 Å². The van der Waals surface area contributed by atoms with E-state index in [0.29, 0.717) is 12.8 Å². The van der Waals surface area contributed by atoms with Crippen molar-refractivity contribution in [1.29, 1.82) is 0 Å². The van der Waals surface area contributed by atoms with Gasteiger partial charge in [-0.2, -0.15) is 13.2 Å². The van der Waals surface area contributed by atoms with Crippen molar-refractivity contribution in [3.63, 3.8) is 0 Å². The van der Waals surface area contributed by atoms with Crippen LogP contribution in [0.1, 0.15) is 12.8 Å². The van der Waals surface area contributed by atoms with Crippen LogP contribution < -0.4 is 5.73 Å². The van der Waals surface area contributed by atoms with Gasteiger partial charge in [-0.15, -0.1) is 12.4 Å². The quantitative estimate of drug-likeness (QED) is 0.703. The number of halogens is 4. The third kappa shape index (κ3) is 4.00. The van der Waals surface area contributed by atoms with Crippen LogP contribution in [0.3, 0.4) is 0 Å². The van der Waals surface area contributed by atoms with Gasteiger partial charge in [0.05, 0.1) is 6.54 Å². The van der Waals surface area contributed by atoms with E-state index in [9.17, 15) is 18.3 Å². The second-order valence-corrected chi connectivity index (χ2v) is 3.31. The van der Waals surface area contributed by atoms with Crippen molar-refractivity contribution in [2.75, 3.05) is 13.1 Å². The third-order valence-corrected chi connectivity index (χ3v) is 2.12. The zero-order valence-electron chi connectivity index (χ0n) is 7.50. The second-order valence-electron chi connectivity index (χ2n) is 3.31. The Kier molecular flexibility index (Phi) is 5.14. The lowest BCUT2D eigenvalue weighted by Crippen LogP contribution is -2.54. The van der Waals surface area contributed by atoms with Crippen LogP contribution >= 0.6 is 12.4 Å². The number of nitrogens with two attached hydrogens (primary N) is 1. The average Bonchev–Trinajstić information content (AvgIpc) is 1.96. The molecule has 3 N–H and O–H groups in total. The summed E-state index contributed by atoms with van der Waals surface area (Å²) in [5.74, 6) is 0. The summed E-state index contributed by atoms with van der Waals surface area (Å²) in [5.41, 5.74) is 5.43. The van der Waals surface area contributed by atoms with Gasteiger partial charge >= 0.3 is 6.18 Å². The molecule has 0 aromatic carbocycles. The molecule has 7 heteroatoms. The van der Waals surface area contributed by atoms with Gasteiger partial charge in [0.25, 0.3) is 0 Å². The Morgan fingerprint density at radius 1 is 1.43 bits per heavy atom. The predicted molar refractivity (Wildman–Crippen MR) is 48.1 cm³/mol. The minimum absolute atomic E-state index is 0. The molecule has 1 saturated heterocycles. The number of aliphatic hydroxyl groups excluding tert-OH is 1. The van der Waals surface area contributed by atoms with Gasteiger partial charge in [-0.25, -0.2) is 0 Å². The summed E-state index contributed by atoms with van der Waals surface area (Å²) in [6.07, 6.45) is -4.24. The maximum Gasteiger partial charge on any atom is 0.401 e. The Labute approximate surface area is 86.5 Å². The minimum Gasteiger partial charge on any atom is -0.377 e. The number of nitrogens with zero attached hydrogens (tertiary/aromatic N) is 1. The standard InChI is InChI=1S/C7H13F3N2O.ClH/c8-7(9,10)4-12-3-1-2-5(11)6(12)13;/h5-6,13H,1-4,11H2;1H. The van der Waals surface area contributed by atoms with E-state index in [2.05, 4.69) is 0 Å². The van der Waals surface area contributed by atoms with E-state index < -0.39 is 25.0 Å². The van der Waals surface area contributed by atoms with E-state index in [1.54, 1.807) is 0 Å². The lowest BCUT2D eigenvalue weighted by atomic mass is 10.0. The predicted octanol–water partition coefficient (Wildman–Crippen LogP) is 0.712. The number of aliphatic hydroxyl groups is 1. The van der Waals surface area contributed by atoms with Crippen molar-refractivity contribution < 1.29 is 18.3 Å². The number of hydrogen-bond acceptors (Lipinski definition) is 3. The van der Waals surface area contributed by atoms with Gasteiger partial charge in [0.2, 0.25) is 0 Å². The molecule has 0 aromatic rings. The normalized spacial score (nSPS) is 29.8. The molecule has 86 valence electrons. The van der Waals surface area contributed by atoms with Gasteiger partial charge in [0, 0.05) is 12.6 Å². The lowest BCUT2D eigenvalue weighted by molar-refractivity contribution is -0.173. The van der Waals surface area contributed by atoms with Crippen LogP contribution in [0.5, 0.6) is 0 Å². The van der Waals surface area contributed by atoms with Crippen molar-refractivity contribution in [2.45, 2.75) is 31.3 Å². The van der Waals surface area contributed by atoms with Gasteiger partial charge < -0.3 is 10.8 Å². The van der Waals surface area contributed by atoms with Crippen LogP contribution in [0.15, 0.2) is 0 Å². The Bertz CT molecular complexity index is 179. The molecule has 2 atom stereocenters. The molecule has 0 radical (unpaired) electrons. The van der Waals surface area contributed by atoms with Crippen molar-refractivity contribution in [3.05, 3.63) is 0 Å². The fourth-order valence-corrected chi connectivity index (χ4v) is 1.49. The fraction of sp³-hybridized carbons (Fsp3) is 1.00. The first kappa shape index (κ1) is 14.0. The molecule has 14 heavy (non-hydrogen) atoms. The summed E-state index contributed by atoms with van der Waals surface area (Å²) in [6, 6.07) is -0.559. The van der Waals surface area contributed by atoms with E-state index in [-0.39, 0.29) is 19.0 Å². The van der Waals surface area contributed by atoms with E-state index in [1.807, 2.05) is 0 Å². The monoisotopic (exact) mass is 234 g/mol. The number of alkyl halides is 3. The summed E-state index contributed by atoms with van der Waals surface area (Å²) in [7, 11) is 0. The van der Waals surface area contributed by atoms with Gasteiger partial charge in [0.1, 0.15) is 6.23 Å². The van der Waals surface area contributed by atoms with Crippen LogP contribution in [0, 0.1) is 0 Å². The van der Waals surface area contributed by atoms with Gasteiger partial charge in [-0.05, 0) is 12.8 Å². The summed E-state index contributed by atoms with van der Waals surface area (Å²) < 4.78 is 35.8. The highest BCUT2D eigenvalue weighted by Gasteiger charge is 2.36. The molecule has 0 spiro atoms. The first-order valence-electron chi connectivity index (χ1n) is 4.14. The van der Waals surface area contributed by atoms with Gasteiger partial charge in [0.15, 0.2) is 0 Å². The fourth-order valence-electron chi connectivity index (χ4n) is 1.49. The summed E-state index contributed by atoms with van der Waals surface area (Å²) in [6.45, 7) is -0.823. The van der Waals surface area contributed by atoms with Crippen LogP contribution in [0.4, 0.5) is 13.2 Å².